The van der Waals surface area contributed by atoms with Crippen molar-refractivity contribution in [3.05, 3.63) is 105 Å². The SMILES string of the molecule is C[C@H](NC(=O)/C(C#N)=C\c1cc(Br)ccc1OCc1cccc(F)c1)c1ccccc1. The number of hydrogen-bond donors (Lipinski definition) is 1. The van der Waals surface area contributed by atoms with Crippen LogP contribution in [-0.2, 0) is 11.4 Å². The zero-order valence-corrected chi connectivity index (χ0v) is 18.4. The Morgan fingerprint density at radius 1 is 1.16 bits per heavy atom. The number of rotatable bonds is 7. The molecule has 3 aromatic rings. The fourth-order valence-electron chi connectivity index (χ4n) is 2.95. The summed E-state index contributed by atoms with van der Waals surface area (Å²) in [5, 5.41) is 12.4. The highest BCUT2D eigenvalue weighted by molar-refractivity contribution is 9.10. The smallest absolute Gasteiger partial charge is 0.262 e. The van der Waals surface area contributed by atoms with Gasteiger partial charge in [-0.3, -0.25) is 4.79 Å². The maximum Gasteiger partial charge on any atom is 0.262 e. The first-order chi connectivity index (χ1) is 15.0. The highest BCUT2D eigenvalue weighted by Gasteiger charge is 2.15. The lowest BCUT2D eigenvalue weighted by Gasteiger charge is -2.14. The Balaban J connectivity index is 1.80. The normalized spacial score (nSPS) is 12.0. The molecule has 31 heavy (non-hydrogen) atoms. The Morgan fingerprint density at radius 2 is 1.94 bits per heavy atom. The zero-order valence-electron chi connectivity index (χ0n) is 16.8. The average molecular weight is 479 g/mol. The number of nitrogens with zero attached hydrogens (tertiary/aromatic N) is 1. The van der Waals surface area contributed by atoms with E-state index < -0.39 is 5.91 Å². The largest absolute Gasteiger partial charge is 0.488 e. The predicted octanol–water partition coefficient (Wildman–Crippen LogP) is 5.95. The molecular weight excluding hydrogens is 459 g/mol. The monoisotopic (exact) mass is 478 g/mol. The van der Waals surface area contributed by atoms with Crippen molar-refractivity contribution >= 4 is 27.9 Å². The molecule has 0 aromatic heterocycles. The van der Waals surface area contributed by atoms with Crippen LogP contribution in [0.15, 0.2) is 82.8 Å². The molecule has 0 aliphatic rings. The topological polar surface area (TPSA) is 62.1 Å². The number of halogens is 2. The van der Waals surface area contributed by atoms with Crippen LogP contribution in [0.25, 0.3) is 6.08 Å². The van der Waals surface area contributed by atoms with E-state index in [9.17, 15) is 14.4 Å². The lowest BCUT2D eigenvalue weighted by molar-refractivity contribution is -0.117. The van der Waals surface area contributed by atoms with Gasteiger partial charge in [-0.15, -0.1) is 0 Å². The number of nitriles is 1. The lowest BCUT2D eigenvalue weighted by Crippen LogP contribution is -2.27. The molecule has 0 fully saturated rings. The first kappa shape index (κ1) is 22.3. The van der Waals surface area contributed by atoms with Gasteiger partial charge in [-0.2, -0.15) is 5.26 Å². The second kappa shape index (κ2) is 10.6. The molecule has 0 spiro atoms. The number of carbonyl (C=O) groups is 1. The molecule has 0 heterocycles. The minimum atomic E-state index is -0.477. The molecular formula is C25H20BrFN2O2. The molecule has 0 aliphatic heterocycles. The van der Waals surface area contributed by atoms with Gasteiger partial charge in [0.2, 0.25) is 0 Å². The number of hydrogen-bond acceptors (Lipinski definition) is 3. The van der Waals surface area contributed by atoms with E-state index in [1.54, 1.807) is 30.3 Å². The Hall–Kier alpha value is -3.43. The molecule has 1 atom stereocenters. The van der Waals surface area contributed by atoms with Crippen molar-refractivity contribution in [2.24, 2.45) is 0 Å². The minimum Gasteiger partial charge on any atom is -0.488 e. The molecule has 0 unspecified atom stereocenters. The first-order valence-electron chi connectivity index (χ1n) is 9.60. The van der Waals surface area contributed by atoms with Gasteiger partial charge < -0.3 is 10.1 Å². The molecule has 0 saturated heterocycles. The number of ether oxygens (including phenoxy) is 1. The third kappa shape index (κ3) is 6.27. The summed E-state index contributed by atoms with van der Waals surface area (Å²) in [7, 11) is 0. The molecule has 3 rings (SSSR count). The van der Waals surface area contributed by atoms with Crippen LogP contribution in [0.1, 0.15) is 29.7 Å². The summed E-state index contributed by atoms with van der Waals surface area (Å²) >= 11 is 3.40. The van der Waals surface area contributed by atoms with Gasteiger partial charge in [0.1, 0.15) is 29.8 Å². The van der Waals surface area contributed by atoms with Crippen LogP contribution >= 0.6 is 15.9 Å². The number of benzene rings is 3. The maximum atomic E-state index is 13.4. The third-order valence-corrected chi connectivity index (χ3v) is 5.06. The second-order valence-corrected chi connectivity index (χ2v) is 7.79. The van der Waals surface area contributed by atoms with E-state index in [-0.39, 0.29) is 24.0 Å². The van der Waals surface area contributed by atoms with E-state index in [2.05, 4.69) is 21.2 Å². The fourth-order valence-corrected chi connectivity index (χ4v) is 3.33. The Morgan fingerprint density at radius 3 is 2.65 bits per heavy atom. The fraction of sp³-hybridized carbons (Fsp3) is 0.120. The summed E-state index contributed by atoms with van der Waals surface area (Å²) in [6.45, 7) is 2.01. The predicted molar refractivity (Wildman–Crippen MR) is 121 cm³/mol. The van der Waals surface area contributed by atoms with Gasteiger partial charge in [0.25, 0.3) is 5.91 Å². The quantitative estimate of drug-likeness (QED) is 0.337. The number of amides is 1. The maximum absolute atomic E-state index is 13.4. The first-order valence-corrected chi connectivity index (χ1v) is 10.4. The van der Waals surface area contributed by atoms with Gasteiger partial charge in [-0.25, -0.2) is 4.39 Å². The summed E-state index contributed by atoms with van der Waals surface area (Å²) in [6, 6.07) is 22.6. The lowest BCUT2D eigenvalue weighted by atomic mass is 10.1. The molecule has 6 heteroatoms. The van der Waals surface area contributed by atoms with Gasteiger partial charge >= 0.3 is 0 Å². The highest BCUT2D eigenvalue weighted by Crippen LogP contribution is 2.27. The summed E-state index contributed by atoms with van der Waals surface area (Å²) in [5.74, 6) is -0.341. The van der Waals surface area contributed by atoms with Crippen molar-refractivity contribution in [1.29, 1.82) is 5.26 Å². The summed E-state index contributed by atoms with van der Waals surface area (Å²) in [4.78, 5) is 12.7. The van der Waals surface area contributed by atoms with Gasteiger partial charge in [-0.05, 0) is 54.5 Å². The summed E-state index contributed by atoms with van der Waals surface area (Å²) < 4.78 is 20.0. The molecule has 156 valence electrons. The van der Waals surface area contributed by atoms with Gasteiger partial charge in [0.05, 0.1) is 6.04 Å². The summed E-state index contributed by atoms with van der Waals surface area (Å²) in [6.07, 6.45) is 1.48. The molecule has 0 radical (unpaired) electrons. The van der Waals surface area contributed by atoms with Crippen molar-refractivity contribution in [3.8, 4) is 11.8 Å². The van der Waals surface area contributed by atoms with E-state index >= 15 is 0 Å². The van der Waals surface area contributed by atoms with Gasteiger partial charge in [-0.1, -0.05) is 58.4 Å². The Bertz CT molecular complexity index is 1140. The second-order valence-electron chi connectivity index (χ2n) is 6.88. The van der Waals surface area contributed by atoms with Gasteiger partial charge in [0.15, 0.2) is 0 Å². The molecule has 3 aromatic carbocycles. The van der Waals surface area contributed by atoms with Crippen LogP contribution in [0.4, 0.5) is 4.39 Å². The standard InChI is InChI=1S/C25H20BrFN2O2/c1-17(19-7-3-2-4-8-19)29-25(30)21(15-28)13-20-14-22(26)10-11-24(20)31-16-18-6-5-9-23(27)12-18/h2-14,17H,16H2,1H3,(H,29,30)/b21-13-/t17-/m0/s1. The van der Waals surface area contributed by atoms with Crippen LogP contribution in [0.2, 0.25) is 0 Å². The third-order valence-electron chi connectivity index (χ3n) is 4.57. The molecule has 1 N–H and O–H groups in total. The van der Waals surface area contributed by atoms with Crippen LogP contribution in [-0.4, -0.2) is 5.91 Å². The number of nitrogens with one attached hydrogen (secondary N) is 1. The zero-order chi connectivity index (χ0) is 22.2. The minimum absolute atomic E-state index is 0.0449. The average Bonchev–Trinajstić information content (AvgIpc) is 2.77. The molecule has 4 nitrogen and oxygen atoms in total. The van der Waals surface area contributed by atoms with Crippen molar-refractivity contribution < 1.29 is 13.9 Å². The van der Waals surface area contributed by atoms with E-state index in [4.69, 9.17) is 4.74 Å². The molecule has 0 aliphatic carbocycles. The van der Waals surface area contributed by atoms with Crippen molar-refractivity contribution in [2.45, 2.75) is 19.6 Å². The van der Waals surface area contributed by atoms with Crippen molar-refractivity contribution in [1.82, 2.24) is 5.32 Å². The van der Waals surface area contributed by atoms with Crippen LogP contribution < -0.4 is 10.1 Å². The number of carbonyl (C=O) groups excluding carboxylic acids is 1. The van der Waals surface area contributed by atoms with Crippen LogP contribution in [0.3, 0.4) is 0 Å². The Labute approximate surface area is 189 Å². The van der Waals surface area contributed by atoms with Crippen molar-refractivity contribution in [3.63, 3.8) is 0 Å². The van der Waals surface area contributed by atoms with Crippen LogP contribution in [0, 0.1) is 17.1 Å². The van der Waals surface area contributed by atoms with Crippen molar-refractivity contribution in [2.75, 3.05) is 0 Å². The van der Waals surface area contributed by atoms with E-state index in [0.717, 1.165) is 10.0 Å². The van der Waals surface area contributed by atoms with E-state index in [1.807, 2.05) is 43.3 Å². The highest BCUT2D eigenvalue weighted by atomic mass is 79.9. The Kier molecular flexibility index (Phi) is 7.58. The summed E-state index contributed by atoms with van der Waals surface area (Å²) in [5.41, 5.74) is 2.13. The molecule has 0 bridgehead atoms. The van der Waals surface area contributed by atoms with Crippen LogP contribution in [0.5, 0.6) is 5.75 Å². The van der Waals surface area contributed by atoms with E-state index in [1.165, 1.54) is 18.2 Å². The van der Waals surface area contributed by atoms with Gasteiger partial charge in [0, 0.05) is 10.0 Å². The molecule has 1 amide bonds. The molecule has 0 saturated carbocycles. The van der Waals surface area contributed by atoms with E-state index in [0.29, 0.717) is 16.9 Å².